The van der Waals surface area contributed by atoms with Gasteiger partial charge in [0.15, 0.2) is 0 Å². The van der Waals surface area contributed by atoms with Crippen molar-refractivity contribution in [3.63, 3.8) is 0 Å². The quantitative estimate of drug-likeness (QED) is 0.543. The van der Waals surface area contributed by atoms with Crippen LogP contribution in [-0.2, 0) is 14.3 Å². The molecule has 3 fully saturated rings. The zero-order valence-corrected chi connectivity index (χ0v) is 20.3. The molecule has 4 rings (SSSR count). The van der Waals surface area contributed by atoms with Crippen molar-refractivity contribution in [2.24, 2.45) is 34.5 Å². The Labute approximate surface area is 189 Å². The summed E-state index contributed by atoms with van der Waals surface area (Å²) >= 11 is 0. The molecule has 1 N–H and O–H groups in total. The van der Waals surface area contributed by atoms with Crippen LogP contribution in [-0.4, -0.2) is 23.5 Å². The number of amides is 1. The summed E-state index contributed by atoms with van der Waals surface area (Å²) in [6.45, 7) is 11.4. The zero-order valence-electron chi connectivity index (χ0n) is 20.3. The lowest BCUT2D eigenvalue weighted by molar-refractivity contribution is -0.166. The lowest BCUT2D eigenvalue weighted by atomic mass is 9.49. The molecule has 0 aromatic carbocycles. The maximum atomic E-state index is 13.4. The number of hydrogen-bond donors (Lipinski definition) is 1. The van der Waals surface area contributed by atoms with Crippen molar-refractivity contribution in [2.75, 3.05) is 0 Å². The predicted molar refractivity (Wildman–Crippen MR) is 123 cm³/mol. The summed E-state index contributed by atoms with van der Waals surface area (Å²) < 4.78 is 5.75. The number of hydrogen-bond acceptors (Lipinski definition) is 3. The van der Waals surface area contributed by atoms with Gasteiger partial charge in [-0.2, -0.15) is 0 Å². The van der Waals surface area contributed by atoms with E-state index >= 15 is 0 Å². The maximum absolute atomic E-state index is 13.4. The Balaban J connectivity index is 1.51. The molecule has 31 heavy (non-hydrogen) atoms. The molecule has 1 amide bonds. The van der Waals surface area contributed by atoms with Crippen LogP contribution in [0.15, 0.2) is 12.2 Å². The molecule has 4 nitrogen and oxygen atoms in total. The smallest absolute Gasteiger partial charge is 0.330 e. The van der Waals surface area contributed by atoms with Crippen LogP contribution in [0.1, 0.15) is 98.8 Å². The maximum Gasteiger partial charge on any atom is 0.330 e. The molecule has 4 heteroatoms. The second kappa shape index (κ2) is 8.23. The molecule has 1 heterocycles. The standard InChI is InChI=1S/C27H43NO3/c1-6-13-27(7-2,8-3)28-24(30)18-16-21-19-9-10-22-26(5,15-12-23(29)31-22)20(19)11-14-25(21,4)17-18/h12,15,18-22H,6-11,13-14,16-17H2,1-5H3,(H,28,30)/t18-,19+,20-,21-,22+,25+,26+/m0/s1. The van der Waals surface area contributed by atoms with Gasteiger partial charge in [-0.25, -0.2) is 4.79 Å². The Morgan fingerprint density at radius 2 is 1.90 bits per heavy atom. The summed E-state index contributed by atoms with van der Waals surface area (Å²) in [5.74, 6) is 2.07. The van der Waals surface area contributed by atoms with E-state index in [0.717, 1.165) is 51.4 Å². The van der Waals surface area contributed by atoms with Gasteiger partial charge < -0.3 is 10.1 Å². The second-order valence-electron chi connectivity index (χ2n) is 11.6. The normalized spacial score (nSPS) is 41.7. The van der Waals surface area contributed by atoms with E-state index in [0.29, 0.717) is 23.7 Å². The van der Waals surface area contributed by atoms with Crippen LogP contribution in [0.3, 0.4) is 0 Å². The summed E-state index contributed by atoms with van der Waals surface area (Å²) in [5.41, 5.74) is 0.192. The minimum Gasteiger partial charge on any atom is -0.458 e. The molecule has 0 aromatic rings. The van der Waals surface area contributed by atoms with E-state index in [-0.39, 0.29) is 34.4 Å². The lowest BCUT2D eigenvalue weighted by Crippen LogP contribution is -2.54. The molecule has 7 atom stereocenters. The fraction of sp³-hybridized carbons (Fsp3) is 0.852. The number of esters is 1. The fourth-order valence-corrected chi connectivity index (χ4v) is 8.14. The number of carbonyl (C=O) groups is 2. The molecule has 0 radical (unpaired) electrons. The fourth-order valence-electron chi connectivity index (χ4n) is 8.14. The molecule has 3 aliphatic carbocycles. The van der Waals surface area contributed by atoms with Crippen molar-refractivity contribution in [3.05, 3.63) is 12.2 Å². The molecule has 0 bridgehead atoms. The number of fused-ring (bicyclic) bond motifs is 5. The number of nitrogens with one attached hydrogen (secondary N) is 1. The third-order valence-electron chi connectivity index (χ3n) is 10.1. The predicted octanol–water partition coefficient (Wildman–Crippen LogP) is 5.80. The minimum atomic E-state index is -0.179. The third-order valence-corrected chi connectivity index (χ3v) is 10.1. The average molecular weight is 430 g/mol. The van der Waals surface area contributed by atoms with Gasteiger partial charge in [0.05, 0.1) is 0 Å². The van der Waals surface area contributed by atoms with Crippen molar-refractivity contribution < 1.29 is 14.3 Å². The van der Waals surface area contributed by atoms with Crippen molar-refractivity contribution in [1.82, 2.24) is 5.32 Å². The molecule has 3 saturated carbocycles. The number of ether oxygens (including phenoxy) is 1. The highest BCUT2D eigenvalue weighted by Gasteiger charge is 2.60. The lowest BCUT2D eigenvalue weighted by Gasteiger charge is -2.57. The van der Waals surface area contributed by atoms with Gasteiger partial charge in [-0.15, -0.1) is 0 Å². The Kier molecular flexibility index (Phi) is 6.07. The summed E-state index contributed by atoms with van der Waals surface area (Å²) in [6, 6.07) is 0. The molecular weight excluding hydrogens is 386 g/mol. The topological polar surface area (TPSA) is 55.4 Å². The van der Waals surface area contributed by atoms with E-state index in [1.165, 1.54) is 12.8 Å². The first-order chi connectivity index (χ1) is 14.7. The molecule has 0 aromatic heterocycles. The van der Waals surface area contributed by atoms with E-state index < -0.39 is 0 Å². The van der Waals surface area contributed by atoms with Gasteiger partial charge in [0, 0.05) is 22.9 Å². The van der Waals surface area contributed by atoms with Crippen LogP contribution in [0.2, 0.25) is 0 Å². The van der Waals surface area contributed by atoms with E-state index in [4.69, 9.17) is 4.74 Å². The first-order valence-corrected chi connectivity index (χ1v) is 12.9. The van der Waals surface area contributed by atoms with Gasteiger partial charge in [0.25, 0.3) is 0 Å². The van der Waals surface area contributed by atoms with Gasteiger partial charge in [0.2, 0.25) is 5.91 Å². The van der Waals surface area contributed by atoms with Crippen molar-refractivity contribution in [1.29, 1.82) is 0 Å². The van der Waals surface area contributed by atoms with Crippen molar-refractivity contribution in [3.8, 4) is 0 Å². The Morgan fingerprint density at radius 1 is 1.16 bits per heavy atom. The summed E-state index contributed by atoms with van der Waals surface area (Å²) in [7, 11) is 0. The van der Waals surface area contributed by atoms with E-state index in [9.17, 15) is 9.59 Å². The van der Waals surface area contributed by atoms with Crippen molar-refractivity contribution >= 4 is 11.9 Å². The largest absolute Gasteiger partial charge is 0.458 e. The average Bonchev–Trinajstić information content (AvgIpc) is 3.12. The van der Waals surface area contributed by atoms with Gasteiger partial charge in [-0.05, 0) is 81.0 Å². The Bertz CT molecular complexity index is 741. The van der Waals surface area contributed by atoms with Crippen LogP contribution < -0.4 is 5.32 Å². The number of carbonyl (C=O) groups excluding carboxylic acids is 2. The Morgan fingerprint density at radius 3 is 2.58 bits per heavy atom. The van der Waals surface area contributed by atoms with Gasteiger partial charge in [0.1, 0.15) is 6.10 Å². The third kappa shape index (κ3) is 3.76. The highest BCUT2D eigenvalue weighted by Crippen LogP contribution is 2.64. The van der Waals surface area contributed by atoms with Crippen LogP contribution >= 0.6 is 0 Å². The first-order valence-electron chi connectivity index (χ1n) is 12.9. The molecule has 0 spiro atoms. The zero-order chi connectivity index (χ0) is 22.4. The van der Waals surface area contributed by atoms with Crippen LogP contribution in [0.4, 0.5) is 0 Å². The van der Waals surface area contributed by atoms with E-state index in [1.807, 2.05) is 0 Å². The van der Waals surface area contributed by atoms with E-state index in [1.54, 1.807) is 6.08 Å². The van der Waals surface area contributed by atoms with Crippen LogP contribution in [0, 0.1) is 34.5 Å². The second-order valence-corrected chi connectivity index (χ2v) is 11.6. The van der Waals surface area contributed by atoms with Crippen LogP contribution in [0.5, 0.6) is 0 Å². The molecule has 4 aliphatic rings. The van der Waals surface area contributed by atoms with E-state index in [2.05, 4.69) is 46.0 Å². The highest BCUT2D eigenvalue weighted by atomic mass is 16.5. The van der Waals surface area contributed by atoms with Gasteiger partial charge in [-0.3, -0.25) is 4.79 Å². The molecule has 1 aliphatic heterocycles. The summed E-state index contributed by atoms with van der Waals surface area (Å²) in [5, 5.41) is 3.52. The van der Waals surface area contributed by atoms with Gasteiger partial charge >= 0.3 is 5.97 Å². The first kappa shape index (κ1) is 22.9. The monoisotopic (exact) mass is 429 g/mol. The SMILES string of the molecule is CCCC(CC)(CC)NC(=O)[C@H]1C[C@H]2[C@@H]3CC[C@H]4OC(=O)C=C[C@]4(C)[C@H]3CC[C@]2(C)C1. The van der Waals surface area contributed by atoms with Crippen LogP contribution in [0.25, 0.3) is 0 Å². The number of rotatable bonds is 6. The van der Waals surface area contributed by atoms with Gasteiger partial charge in [-0.1, -0.05) is 47.1 Å². The highest BCUT2D eigenvalue weighted by molar-refractivity contribution is 5.83. The summed E-state index contributed by atoms with van der Waals surface area (Å²) in [4.78, 5) is 25.3. The molecule has 0 unspecified atom stereocenters. The molecule has 0 saturated heterocycles. The summed E-state index contributed by atoms with van der Waals surface area (Å²) in [6.07, 6.45) is 14.5. The Hall–Kier alpha value is -1.32. The minimum absolute atomic E-state index is 0.0277. The molecular formula is C27H43NO3. The molecule has 174 valence electrons. The van der Waals surface area contributed by atoms with Crippen molar-refractivity contribution in [2.45, 2.75) is 110 Å².